The number of hydrogen-bond donors (Lipinski definition) is 1. The Kier molecular flexibility index (Phi) is 4.54. The number of sulfonamides is 1. The van der Waals surface area contributed by atoms with Crippen LogP contribution in [0, 0.1) is 11.3 Å². The second-order valence-corrected chi connectivity index (χ2v) is 6.49. The van der Waals surface area contributed by atoms with Gasteiger partial charge < -0.3 is 0 Å². The zero-order valence-corrected chi connectivity index (χ0v) is 12.8. The number of nitrogens with zero attached hydrogens (tertiary/aromatic N) is 1. The molecule has 0 atom stereocenters. The van der Waals surface area contributed by atoms with Gasteiger partial charge in [-0.2, -0.15) is 18.4 Å². The largest absolute Gasteiger partial charge is 0.417 e. The van der Waals surface area contributed by atoms with Crippen molar-refractivity contribution in [1.29, 1.82) is 5.26 Å². The van der Waals surface area contributed by atoms with Crippen LogP contribution >= 0.6 is 11.6 Å². The van der Waals surface area contributed by atoms with Gasteiger partial charge in [0.1, 0.15) is 6.07 Å². The highest BCUT2D eigenvalue weighted by Crippen LogP contribution is 2.35. The Balaban J connectivity index is 2.52. The van der Waals surface area contributed by atoms with Crippen molar-refractivity contribution in [2.45, 2.75) is 11.1 Å². The average Bonchev–Trinajstić information content (AvgIpc) is 2.48. The molecule has 0 saturated heterocycles. The van der Waals surface area contributed by atoms with E-state index in [9.17, 15) is 21.6 Å². The van der Waals surface area contributed by atoms with Gasteiger partial charge in [-0.3, -0.25) is 4.72 Å². The molecule has 0 bridgehead atoms. The average molecular weight is 361 g/mol. The van der Waals surface area contributed by atoms with E-state index >= 15 is 0 Å². The van der Waals surface area contributed by atoms with Crippen LogP contribution in [0.15, 0.2) is 47.4 Å². The van der Waals surface area contributed by atoms with E-state index in [4.69, 9.17) is 16.9 Å². The Bertz CT molecular complexity index is 890. The van der Waals surface area contributed by atoms with E-state index in [1.54, 1.807) is 6.07 Å². The van der Waals surface area contributed by atoms with Crippen molar-refractivity contribution >= 4 is 27.3 Å². The van der Waals surface area contributed by atoms with Crippen LogP contribution in [-0.2, 0) is 16.2 Å². The fourth-order valence-electron chi connectivity index (χ4n) is 1.83. The second-order valence-electron chi connectivity index (χ2n) is 4.40. The molecule has 23 heavy (non-hydrogen) atoms. The van der Waals surface area contributed by atoms with Crippen molar-refractivity contribution < 1.29 is 21.6 Å². The van der Waals surface area contributed by atoms with Gasteiger partial charge in [0.2, 0.25) is 0 Å². The van der Waals surface area contributed by atoms with Crippen LogP contribution in [0.5, 0.6) is 0 Å². The number of alkyl halides is 3. The molecule has 0 heterocycles. The SMILES string of the molecule is N#Cc1cc(Cl)ccc1NS(=O)(=O)c1ccccc1C(F)(F)F. The Morgan fingerprint density at radius 2 is 1.78 bits per heavy atom. The molecule has 1 N–H and O–H groups in total. The first-order chi connectivity index (χ1) is 10.6. The Labute approximate surface area is 135 Å². The highest BCUT2D eigenvalue weighted by Gasteiger charge is 2.37. The summed E-state index contributed by atoms with van der Waals surface area (Å²) in [5.41, 5.74) is -1.56. The van der Waals surface area contributed by atoms with Gasteiger partial charge in [0.15, 0.2) is 0 Å². The maximum absolute atomic E-state index is 13.0. The molecule has 2 aromatic carbocycles. The third-order valence-corrected chi connectivity index (χ3v) is 4.49. The molecule has 0 aliphatic heterocycles. The van der Waals surface area contributed by atoms with Gasteiger partial charge in [0.25, 0.3) is 10.0 Å². The fraction of sp³-hybridized carbons (Fsp3) is 0.0714. The summed E-state index contributed by atoms with van der Waals surface area (Å²) in [6.45, 7) is 0. The molecular formula is C14H8ClF3N2O2S. The van der Waals surface area contributed by atoms with Gasteiger partial charge >= 0.3 is 6.18 Å². The van der Waals surface area contributed by atoms with Crippen LogP contribution in [0.2, 0.25) is 5.02 Å². The smallest absolute Gasteiger partial charge is 0.278 e. The number of halogens is 4. The van der Waals surface area contributed by atoms with E-state index < -0.39 is 26.7 Å². The molecule has 2 aromatic rings. The number of anilines is 1. The van der Waals surface area contributed by atoms with Crippen molar-refractivity contribution in [3.63, 3.8) is 0 Å². The first kappa shape index (κ1) is 17.1. The lowest BCUT2D eigenvalue weighted by Crippen LogP contribution is -2.19. The van der Waals surface area contributed by atoms with Gasteiger partial charge in [0, 0.05) is 5.02 Å². The molecule has 0 amide bonds. The van der Waals surface area contributed by atoms with E-state index in [0.29, 0.717) is 6.07 Å². The monoisotopic (exact) mass is 360 g/mol. The van der Waals surface area contributed by atoms with Crippen molar-refractivity contribution in [1.82, 2.24) is 0 Å². The van der Waals surface area contributed by atoms with E-state index in [1.807, 2.05) is 4.72 Å². The summed E-state index contributed by atoms with van der Waals surface area (Å²) in [4.78, 5) is -0.925. The molecule has 9 heteroatoms. The maximum atomic E-state index is 13.0. The predicted octanol–water partition coefficient (Wildman–Crippen LogP) is 4.03. The number of rotatable bonds is 3. The van der Waals surface area contributed by atoms with Crippen LogP contribution < -0.4 is 4.72 Å². The molecule has 4 nitrogen and oxygen atoms in total. The van der Waals surface area contributed by atoms with Gasteiger partial charge in [-0.05, 0) is 30.3 Å². The van der Waals surface area contributed by atoms with E-state index in [-0.39, 0.29) is 16.3 Å². The predicted molar refractivity (Wildman–Crippen MR) is 78.4 cm³/mol. The topological polar surface area (TPSA) is 70.0 Å². The van der Waals surface area contributed by atoms with Crippen LogP contribution in [-0.4, -0.2) is 8.42 Å². The molecule has 0 unspecified atom stereocenters. The van der Waals surface area contributed by atoms with Crippen molar-refractivity contribution in [3.8, 4) is 6.07 Å². The van der Waals surface area contributed by atoms with Gasteiger partial charge in [0.05, 0.1) is 21.7 Å². The van der Waals surface area contributed by atoms with E-state index in [0.717, 1.165) is 12.1 Å². The van der Waals surface area contributed by atoms with Crippen LogP contribution in [0.3, 0.4) is 0 Å². The minimum Gasteiger partial charge on any atom is -0.278 e. The number of nitriles is 1. The van der Waals surface area contributed by atoms with Crippen LogP contribution in [0.4, 0.5) is 18.9 Å². The highest BCUT2D eigenvalue weighted by atomic mass is 35.5. The highest BCUT2D eigenvalue weighted by molar-refractivity contribution is 7.92. The zero-order chi connectivity index (χ0) is 17.3. The zero-order valence-electron chi connectivity index (χ0n) is 11.2. The van der Waals surface area contributed by atoms with Crippen molar-refractivity contribution in [2.24, 2.45) is 0 Å². The third kappa shape index (κ3) is 3.75. The third-order valence-electron chi connectivity index (χ3n) is 2.83. The standard InChI is InChI=1S/C14H8ClF3N2O2S/c15-10-5-6-12(9(7-10)8-19)20-23(21,22)13-4-2-1-3-11(13)14(16,17)18/h1-7,20H. The number of benzene rings is 2. The first-order valence-corrected chi connectivity index (χ1v) is 7.90. The summed E-state index contributed by atoms with van der Waals surface area (Å²) in [7, 11) is -4.54. The summed E-state index contributed by atoms with van der Waals surface area (Å²) in [6.07, 6.45) is -4.83. The van der Waals surface area contributed by atoms with Gasteiger partial charge in [-0.1, -0.05) is 23.7 Å². The van der Waals surface area contributed by atoms with Gasteiger partial charge in [-0.15, -0.1) is 0 Å². The summed E-state index contributed by atoms with van der Waals surface area (Å²) in [5, 5.41) is 9.17. The minimum absolute atomic E-state index is 0.106. The van der Waals surface area contributed by atoms with Crippen molar-refractivity contribution in [2.75, 3.05) is 4.72 Å². The first-order valence-electron chi connectivity index (χ1n) is 6.04. The summed E-state index contributed by atoms with van der Waals surface area (Å²) in [6, 6.07) is 9.22. The second kappa shape index (κ2) is 6.10. The lowest BCUT2D eigenvalue weighted by atomic mass is 10.2. The number of hydrogen-bond acceptors (Lipinski definition) is 3. The van der Waals surface area contributed by atoms with E-state index in [1.165, 1.54) is 24.3 Å². The molecule has 0 saturated carbocycles. The Morgan fingerprint density at radius 3 is 2.39 bits per heavy atom. The normalized spacial score (nSPS) is 11.8. The molecule has 0 aliphatic carbocycles. The number of nitrogens with one attached hydrogen (secondary N) is 1. The summed E-state index contributed by atoms with van der Waals surface area (Å²) >= 11 is 5.69. The molecule has 2 rings (SSSR count). The van der Waals surface area contributed by atoms with Gasteiger partial charge in [-0.25, -0.2) is 8.42 Å². The summed E-state index contributed by atoms with van der Waals surface area (Å²) in [5.74, 6) is 0. The molecular weight excluding hydrogens is 353 g/mol. The lowest BCUT2D eigenvalue weighted by Gasteiger charge is -2.14. The van der Waals surface area contributed by atoms with E-state index in [2.05, 4.69) is 0 Å². The van der Waals surface area contributed by atoms with Crippen molar-refractivity contribution in [3.05, 3.63) is 58.6 Å². The summed E-state index contributed by atoms with van der Waals surface area (Å²) < 4.78 is 65.4. The Morgan fingerprint density at radius 1 is 1.13 bits per heavy atom. The molecule has 0 aliphatic rings. The quantitative estimate of drug-likeness (QED) is 0.898. The van der Waals surface area contributed by atoms with Crippen LogP contribution in [0.25, 0.3) is 0 Å². The molecule has 120 valence electrons. The molecule has 0 fully saturated rings. The Hall–Kier alpha value is -2.24. The fourth-order valence-corrected chi connectivity index (χ4v) is 3.31. The molecule has 0 aromatic heterocycles. The lowest BCUT2D eigenvalue weighted by molar-refractivity contribution is -0.139. The molecule has 0 radical (unpaired) electrons. The molecule has 0 spiro atoms. The van der Waals surface area contributed by atoms with Crippen LogP contribution in [0.1, 0.15) is 11.1 Å². The minimum atomic E-state index is -4.83. The maximum Gasteiger partial charge on any atom is 0.417 e.